The molecule has 0 saturated heterocycles. The number of nitrogens with one attached hydrogen (secondary N) is 2. The highest BCUT2D eigenvalue weighted by Crippen LogP contribution is 2.26. The van der Waals surface area contributed by atoms with Crippen LogP contribution >= 0.6 is 0 Å². The van der Waals surface area contributed by atoms with Crippen LogP contribution in [0.3, 0.4) is 0 Å². The van der Waals surface area contributed by atoms with Crippen LogP contribution in [0.5, 0.6) is 11.5 Å². The van der Waals surface area contributed by atoms with Gasteiger partial charge in [-0.1, -0.05) is 97.1 Å². The molecule has 6 aromatic rings. The van der Waals surface area contributed by atoms with Gasteiger partial charge in [-0.15, -0.1) is 0 Å². The molecule has 6 aromatic carbocycles. The number of benzene rings is 6. The quantitative estimate of drug-likeness (QED) is 0.0655. The summed E-state index contributed by atoms with van der Waals surface area (Å²) in [4.78, 5) is 48.4. The molecule has 10 heteroatoms. The van der Waals surface area contributed by atoms with Gasteiger partial charge in [0, 0.05) is 23.3 Å². The summed E-state index contributed by atoms with van der Waals surface area (Å²) in [6.45, 7) is 1.02. The van der Waals surface area contributed by atoms with Crippen molar-refractivity contribution in [1.82, 2.24) is 0 Å². The number of hydrogen-bond acceptors (Lipinski definition) is 7. The van der Waals surface area contributed by atoms with E-state index in [4.69, 9.17) is 14.2 Å². The molecule has 0 spiro atoms. The third kappa shape index (κ3) is 13.0. The molecule has 0 aliphatic heterocycles. The topological polar surface area (TPSA) is 140 Å². The lowest BCUT2D eigenvalue weighted by molar-refractivity contribution is 0.0600. The Kier molecular flexibility index (Phi) is 15.5. The van der Waals surface area contributed by atoms with E-state index in [-0.39, 0.29) is 28.6 Å². The van der Waals surface area contributed by atoms with Crippen LogP contribution in [0, 0.1) is 0 Å². The first-order valence-electron chi connectivity index (χ1n) is 18.5. The lowest BCUT2D eigenvalue weighted by Crippen LogP contribution is -2.15. The molecule has 290 valence electrons. The monoisotopic (exact) mass is 764 g/mol. The predicted molar refractivity (Wildman–Crippen MR) is 220 cm³/mol. The van der Waals surface area contributed by atoms with Crippen molar-refractivity contribution in [2.75, 3.05) is 31.0 Å². The number of hydrogen-bond donors (Lipinski definition) is 3. The maximum absolute atomic E-state index is 12.5. The smallest absolute Gasteiger partial charge is 0.339 e. The molecule has 0 heterocycles. The van der Waals surface area contributed by atoms with Gasteiger partial charge < -0.3 is 30.0 Å². The first-order valence-corrected chi connectivity index (χ1v) is 18.5. The molecule has 3 N–H and O–H groups in total. The van der Waals surface area contributed by atoms with Crippen molar-refractivity contribution in [3.63, 3.8) is 0 Å². The van der Waals surface area contributed by atoms with Crippen LogP contribution in [0.25, 0.3) is 0 Å². The van der Waals surface area contributed by atoms with Gasteiger partial charge in [-0.25, -0.2) is 9.59 Å². The third-order valence-corrected chi connectivity index (χ3v) is 8.63. The van der Waals surface area contributed by atoms with E-state index in [0.717, 1.165) is 25.7 Å². The standard InChI is InChI=1S/C24H23NO4.C23H21NO4/c1-28-24(27)21-15-14-20(29-16-8-11-18-9-4-2-5-10-18)17-22(21)25-23(26)19-12-6-3-7-13-19;25-22(18-11-5-2-6-12-18)24-21-16-19(13-14-20(21)23(26)27)28-15-7-10-17-8-3-1-4-9-17/h2-7,9-10,12-15,17H,8,11,16H2,1H3,(H,25,26);1-6,8-9,11-14,16H,7,10,15H2,(H,24,25)(H,26,27). The van der Waals surface area contributed by atoms with Crippen LogP contribution in [0.15, 0.2) is 158 Å². The molecule has 0 aromatic heterocycles. The molecule has 10 nitrogen and oxygen atoms in total. The van der Waals surface area contributed by atoms with Crippen LogP contribution in [-0.4, -0.2) is 49.2 Å². The van der Waals surface area contributed by atoms with Crippen LogP contribution < -0.4 is 20.1 Å². The van der Waals surface area contributed by atoms with Crippen LogP contribution in [-0.2, 0) is 17.6 Å². The summed E-state index contributed by atoms with van der Waals surface area (Å²) in [7, 11) is 1.30. The normalized spacial score (nSPS) is 10.3. The molecular formula is C47H44N2O8. The average molecular weight is 765 g/mol. The van der Waals surface area contributed by atoms with Crippen LogP contribution in [0.1, 0.15) is 65.4 Å². The maximum atomic E-state index is 12.5. The summed E-state index contributed by atoms with van der Waals surface area (Å²) in [5, 5.41) is 14.8. The van der Waals surface area contributed by atoms with Crippen LogP contribution in [0.2, 0.25) is 0 Å². The number of rotatable bonds is 16. The number of amides is 2. The number of methoxy groups -OCH3 is 1. The molecule has 0 aliphatic carbocycles. The highest BCUT2D eigenvalue weighted by molar-refractivity contribution is 6.09. The minimum Gasteiger partial charge on any atom is -0.494 e. The molecule has 0 saturated carbocycles. The number of anilines is 2. The van der Waals surface area contributed by atoms with Gasteiger partial charge in [0.25, 0.3) is 11.8 Å². The SMILES string of the molecule is COC(=O)c1ccc(OCCCc2ccccc2)cc1NC(=O)c1ccccc1.O=C(Nc1cc(OCCCc2ccccc2)ccc1C(=O)O)c1ccccc1. The fraction of sp³-hybridized carbons (Fsp3) is 0.149. The Balaban J connectivity index is 0.000000218. The van der Waals surface area contributed by atoms with Crippen molar-refractivity contribution < 1.29 is 38.5 Å². The van der Waals surface area contributed by atoms with Crippen molar-refractivity contribution in [2.24, 2.45) is 0 Å². The van der Waals surface area contributed by atoms with E-state index < -0.39 is 11.9 Å². The Morgan fingerprint density at radius 2 is 0.895 bits per heavy atom. The number of aryl methyl sites for hydroxylation is 2. The zero-order valence-corrected chi connectivity index (χ0v) is 31.6. The van der Waals surface area contributed by atoms with E-state index in [2.05, 4.69) is 34.9 Å². The molecule has 0 radical (unpaired) electrons. The van der Waals surface area contributed by atoms with E-state index in [1.807, 2.05) is 48.5 Å². The molecule has 0 atom stereocenters. The summed E-state index contributed by atoms with van der Waals surface area (Å²) >= 11 is 0. The molecule has 0 unspecified atom stereocenters. The molecule has 2 amide bonds. The van der Waals surface area contributed by atoms with Crippen molar-refractivity contribution >= 4 is 35.1 Å². The van der Waals surface area contributed by atoms with E-state index in [0.29, 0.717) is 41.5 Å². The number of carboxylic acids is 1. The third-order valence-electron chi connectivity index (χ3n) is 8.63. The van der Waals surface area contributed by atoms with Gasteiger partial charge >= 0.3 is 11.9 Å². The summed E-state index contributed by atoms with van der Waals surface area (Å²) in [6.07, 6.45) is 3.50. The predicted octanol–water partition coefficient (Wildman–Crippen LogP) is 9.39. The summed E-state index contributed by atoms with van der Waals surface area (Å²) in [5.41, 5.74) is 4.30. The van der Waals surface area contributed by atoms with Gasteiger partial charge in [-0.2, -0.15) is 0 Å². The lowest BCUT2D eigenvalue weighted by Gasteiger charge is -2.13. The first-order chi connectivity index (χ1) is 27.8. The van der Waals surface area contributed by atoms with E-state index in [9.17, 15) is 24.3 Å². The van der Waals surface area contributed by atoms with E-state index in [1.165, 1.54) is 24.3 Å². The Bertz CT molecular complexity index is 2210. The first kappa shape index (κ1) is 41.0. The van der Waals surface area contributed by atoms with Crippen molar-refractivity contribution in [3.05, 3.63) is 191 Å². The summed E-state index contributed by atoms with van der Waals surface area (Å²) in [5.74, 6) is -1.22. The van der Waals surface area contributed by atoms with Gasteiger partial charge in [0.15, 0.2) is 0 Å². The minimum absolute atomic E-state index is 0.0147. The molecule has 57 heavy (non-hydrogen) atoms. The zero-order valence-electron chi connectivity index (χ0n) is 31.6. The average Bonchev–Trinajstić information content (AvgIpc) is 3.25. The largest absolute Gasteiger partial charge is 0.494 e. The van der Waals surface area contributed by atoms with Gasteiger partial charge in [0.2, 0.25) is 0 Å². The summed E-state index contributed by atoms with van der Waals surface area (Å²) < 4.78 is 16.4. The van der Waals surface area contributed by atoms with Gasteiger partial charge in [-0.05, 0) is 85.3 Å². The van der Waals surface area contributed by atoms with Gasteiger partial charge in [0.05, 0.1) is 42.8 Å². The number of carbonyl (C=O) groups excluding carboxylic acids is 3. The Hall–Kier alpha value is -7.20. The molecular weight excluding hydrogens is 721 g/mol. The number of esters is 1. The van der Waals surface area contributed by atoms with Crippen molar-refractivity contribution in [3.8, 4) is 11.5 Å². The van der Waals surface area contributed by atoms with E-state index in [1.54, 1.807) is 78.9 Å². The maximum Gasteiger partial charge on any atom is 0.339 e. The number of ether oxygens (including phenoxy) is 3. The molecule has 6 rings (SSSR count). The Morgan fingerprint density at radius 1 is 0.509 bits per heavy atom. The minimum atomic E-state index is -1.11. The lowest BCUT2D eigenvalue weighted by atomic mass is 10.1. The molecule has 0 bridgehead atoms. The zero-order chi connectivity index (χ0) is 40.2. The fourth-order valence-electron chi connectivity index (χ4n) is 5.70. The van der Waals surface area contributed by atoms with Gasteiger partial charge in [-0.3, -0.25) is 9.59 Å². The van der Waals surface area contributed by atoms with E-state index >= 15 is 0 Å². The molecule has 0 fully saturated rings. The van der Waals surface area contributed by atoms with Crippen molar-refractivity contribution in [1.29, 1.82) is 0 Å². The Labute approximate surface area is 332 Å². The fourth-order valence-corrected chi connectivity index (χ4v) is 5.70. The second-order valence-electron chi connectivity index (χ2n) is 12.7. The summed E-state index contributed by atoms with van der Waals surface area (Å²) in [6, 6.07) is 47.3. The number of carbonyl (C=O) groups is 4. The Morgan fingerprint density at radius 3 is 1.30 bits per heavy atom. The van der Waals surface area contributed by atoms with Crippen LogP contribution in [0.4, 0.5) is 11.4 Å². The van der Waals surface area contributed by atoms with Gasteiger partial charge in [0.1, 0.15) is 11.5 Å². The number of aromatic carboxylic acids is 1. The molecule has 0 aliphatic rings. The second-order valence-corrected chi connectivity index (χ2v) is 12.7. The highest BCUT2D eigenvalue weighted by atomic mass is 16.5. The van der Waals surface area contributed by atoms with Crippen molar-refractivity contribution in [2.45, 2.75) is 25.7 Å². The highest BCUT2D eigenvalue weighted by Gasteiger charge is 2.17. The second kappa shape index (κ2) is 21.6. The number of carboxylic acid groups (broad SMARTS) is 1.